The van der Waals surface area contributed by atoms with Crippen molar-refractivity contribution in [2.24, 2.45) is 0 Å². The Hall–Kier alpha value is -1.30. The Morgan fingerprint density at radius 2 is 2.25 bits per heavy atom. The molecule has 0 amide bonds. The van der Waals surface area contributed by atoms with Crippen LogP contribution in [0.2, 0.25) is 0 Å². The summed E-state index contributed by atoms with van der Waals surface area (Å²) in [6.07, 6.45) is 2.35. The molecule has 5 nitrogen and oxygen atoms in total. The van der Waals surface area contributed by atoms with E-state index in [9.17, 15) is 8.42 Å². The highest BCUT2D eigenvalue weighted by Crippen LogP contribution is 2.22. The van der Waals surface area contributed by atoms with Gasteiger partial charge in [-0.2, -0.15) is 0 Å². The summed E-state index contributed by atoms with van der Waals surface area (Å²) in [5, 5.41) is 0. The average molecular weight is 241 g/mol. The molecule has 0 saturated carbocycles. The molecule has 2 rings (SSSR count). The van der Waals surface area contributed by atoms with Gasteiger partial charge in [-0.1, -0.05) is 0 Å². The number of sulfone groups is 1. The van der Waals surface area contributed by atoms with Crippen LogP contribution in [0.1, 0.15) is 6.42 Å². The molecule has 1 saturated heterocycles. The molecular weight excluding hydrogens is 226 g/mol. The smallest absolute Gasteiger partial charge is 0.152 e. The maximum Gasteiger partial charge on any atom is 0.152 e. The van der Waals surface area contributed by atoms with Crippen LogP contribution >= 0.6 is 0 Å². The van der Waals surface area contributed by atoms with E-state index in [4.69, 9.17) is 5.73 Å². The minimum Gasteiger partial charge on any atom is -0.384 e. The molecule has 2 N–H and O–H groups in total. The zero-order valence-electron chi connectivity index (χ0n) is 9.13. The van der Waals surface area contributed by atoms with Crippen LogP contribution < -0.4 is 10.6 Å². The van der Waals surface area contributed by atoms with Gasteiger partial charge in [-0.05, 0) is 18.6 Å². The first kappa shape index (κ1) is 11.2. The van der Waals surface area contributed by atoms with Crippen molar-refractivity contribution >= 4 is 21.3 Å². The molecule has 1 aromatic heterocycles. The van der Waals surface area contributed by atoms with Crippen molar-refractivity contribution in [3.8, 4) is 0 Å². The van der Waals surface area contributed by atoms with Gasteiger partial charge in [-0.15, -0.1) is 0 Å². The van der Waals surface area contributed by atoms with E-state index in [2.05, 4.69) is 4.98 Å². The predicted octanol–water partition coefficient (Wildman–Crippen LogP) is 0.287. The molecule has 0 aliphatic carbocycles. The van der Waals surface area contributed by atoms with Crippen molar-refractivity contribution in [3.05, 3.63) is 18.3 Å². The molecule has 1 aliphatic rings. The Kier molecular flexibility index (Phi) is 2.75. The number of anilines is 2. The Morgan fingerprint density at radius 1 is 1.50 bits per heavy atom. The van der Waals surface area contributed by atoms with Crippen LogP contribution in [-0.2, 0) is 9.84 Å². The summed E-state index contributed by atoms with van der Waals surface area (Å²) in [4.78, 5) is 5.95. The van der Waals surface area contributed by atoms with E-state index in [-0.39, 0.29) is 17.5 Å². The largest absolute Gasteiger partial charge is 0.384 e. The van der Waals surface area contributed by atoms with Crippen LogP contribution in [0.25, 0.3) is 0 Å². The third-order valence-corrected chi connectivity index (χ3v) is 4.68. The molecule has 1 atom stereocenters. The minimum atomic E-state index is -2.84. The van der Waals surface area contributed by atoms with Crippen molar-refractivity contribution in [1.29, 1.82) is 0 Å². The Balaban J connectivity index is 2.14. The van der Waals surface area contributed by atoms with Gasteiger partial charge in [-0.3, -0.25) is 0 Å². The van der Waals surface area contributed by atoms with Gasteiger partial charge in [-0.25, -0.2) is 13.4 Å². The summed E-state index contributed by atoms with van der Waals surface area (Å²) in [5.41, 5.74) is 6.40. The molecule has 6 heteroatoms. The molecule has 0 aromatic carbocycles. The van der Waals surface area contributed by atoms with Crippen LogP contribution in [0.3, 0.4) is 0 Å². The SMILES string of the molecule is CN(c1ccc(N)nc1)C1CCS(=O)(=O)C1. The highest BCUT2D eigenvalue weighted by molar-refractivity contribution is 7.91. The standard InChI is InChI=1S/C10H15N3O2S/c1-13(8-2-3-10(11)12-6-8)9-4-5-16(14,15)7-9/h2-3,6,9H,4-5,7H2,1H3,(H2,11,12). The molecule has 16 heavy (non-hydrogen) atoms. The topological polar surface area (TPSA) is 76.3 Å². The van der Waals surface area contributed by atoms with Crippen LogP contribution in [0, 0.1) is 0 Å². The third-order valence-electron chi connectivity index (χ3n) is 2.93. The summed E-state index contributed by atoms with van der Waals surface area (Å²) in [7, 11) is -0.956. The number of rotatable bonds is 2. The molecule has 1 unspecified atom stereocenters. The number of hydrogen-bond donors (Lipinski definition) is 1. The molecule has 88 valence electrons. The lowest BCUT2D eigenvalue weighted by Crippen LogP contribution is -2.32. The van der Waals surface area contributed by atoms with E-state index in [0.29, 0.717) is 12.2 Å². The van der Waals surface area contributed by atoms with Crippen molar-refractivity contribution in [2.75, 3.05) is 29.2 Å². The molecule has 1 aromatic rings. The second kappa shape index (κ2) is 3.93. The Labute approximate surface area is 95.2 Å². The number of nitrogens with two attached hydrogens (primary N) is 1. The predicted molar refractivity (Wildman–Crippen MR) is 64.1 cm³/mol. The highest BCUT2D eigenvalue weighted by Gasteiger charge is 2.30. The van der Waals surface area contributed by atoms with Crippen molar-refractivity contribution < 1.29 is 8.42 Å². The maximum absolute atomic E-state index is 11.4. The van der Waals surface area contributed by atoms with Crippen LogP contribution in [-0.4, -0.2) is 38.0 Å². The summed E-state index contributed by atoms with van der Waals surface area (Å²) in [6.45, 7) is 0. The van der Waals surface area contributed by atoms with Crippen LogP contribution in [0.4, 0.5) is 11.5 Å². The lowest BCUT2D eigenvalue weighted by atomic mass is 10.2. The molecule has 2 heterocycles. The number of nitrogen functional groups attached to an aromatic ring is 1. The summed E-state index contributed by atoms with van der Waals surface area (Å²) in [5.74, 6) is 0.981. The van der Waals surface area contributed by atoms with E-state index in [1.54, 1.807) is 12.3 Å². The summed E-state index contributed by atoms with van der Waals surface area (Å²) < 4.78 is 22.7. The van der Waals surface area contributed by atoms with Gasteiger partial charge in [0.05, 0.1) is 23.4 Å². The van der Waals surface area contributed by atoms with E-state index < -0.39 is 9.84 Å². The van der Waals surface area contributed by atoms with Crippen LogP contribution in [0.5, 0.6) is 0 Å². The number of hydrogen-bond acceptors (Lipinski definition) is 5. The van der Waals surface area contributed by atoms with Gasteiger partial charge in [0.2, 0.25) is 0 Å². The Morgan fingerprint density at radius 3 is 2.75 bits per heavy atom. The second-order valence-electron chi connectivity index (χ2n) is 4.11. The highest BCUT2D eigenvalue weighted by atomic mass is 32.2. The van der Waals surface area contributed by atoms with Crippen molar-refractivity contribution in [2.45, 2.75) is 12.5 Å². The van der Waals surface area contributed by atoms with Gasteiger partial charge < -0.3 is 10.6 Å². The zero-order chi connectivity index (χ0) is 11.8. The van der Waals surface area contributed by atoms with Crippen molar-refractivity contribution in [1.82, 2.24) is 4.98 Å². The van der Waals surface area contributed by atoms with Crippen molar-refractivity contribution in [3.63, 3.8) is 0 Å². The first-order valence-corrected chi connectivity index (χ1v) is 6.95. The molecule has 0 radical (unpaired) electrons. The molecule has 1 aliphatic heterocycles. The van der Waals surface area contributed by atoms with Gasteiger partial charge in [0.25, 0.3) is 0 Å². The zero-order valence-corrected chi connectivity index (χ0v) is 9.94. The lowest BCUT2D eigenvalue weighted by molar-refractivity contribution is 0.601. The third kappa shape index (κ3) is 2.27. The van der Waals surface area contributed by atoms with Gasteiger partial charge in [0.15, 0.2) is 9.84 Å². The normalized spacial score (nSPS) is 23.2. The molecule has 0 spiro atoms. The quantitative estimate of drug-likeness (QED) is 0.805. The fourth-order valence-electron chi connectivity index (χ4n) is 1.90. The minimum absolute atomic E-state index is 0.0513. The second-order valence-corrected chi connectivity index (χ2v) is 6.34. The fraction of sp³-hybridized carbons (Fsp3) is 0.500. The number of nitrogens with zero attached hydrogens (tertiary/aromatic N) is 2. The van der Waals surface area contributed by atoms with Gasteiger partial charge in [0.1, 0.15) is 5.82 Å². The molecule has 1 fully saturated rings. The maximum atomic E-state index is 11.4. The molecular formula is C10H15N3O2S. The first-order chi connectivity index (χ1) is 7.48. The number of pyridine rings is 1. The van der Waals surface area contributed by atoms with E-state index in [1.807, 2.05) is 18.0 Å². The summed E-state index contributed by atoms with van der Waals surface area (Å²) >= 11 is 0. The van der Waals surface area contributed by atoms with Gasteiger partial charge in [0, 0.05) is 13.1 Å². The van der Waals surface area contributed by atoms with E-state index in [0.717, 1.165) is 5.69 Å². The first-order valence-electron chi connectivity index (χ1n) is 5.13. The fourth-order valence-corrected chi connectivity index (χ4v) is 3.67. The van der Waals surface area contributed by atoms with Crippen LogP contribution in [0.15, 0.2) is 18.3 Å². The lowest BCUT2D eigenvalue weighted by Gasteiger charge is -2.25. The van der Waals surface area contributed by atoms with E-state index >= 15 is 0 Å². The average Bonchev–Trinajstić information content (AvgIpc) is 2.59. The van der Waals surface area contributed by atoms with Gasteiger partial charge >= 0.3 is 0 Å². The Bertz CT molecular complexity index is 469. The van der Waals surface area contributed by atoms with E-state index in [1.165, 1.54) is 0 Å². The summed E-state index contributed by atoms with van der Waals surface area (Å²) in [6, 6.07) is 3.62. The molecule has 0 bridgehead atoms. The monoisotopic (exact) mass is 241 g/mol. The number of aromatic nitrogens is 1.